The zero-order valence-corrected chi connectivity index (χ0v) is 13.3. The fourth-order valence-electron chi connectivity index (χ4n) is 1.98. The second-order valence-electron chi connectivity index (χ2n) is 4.83. The van der Waals surface area contributed by atoms with Crippen LogP contribution in [0.5, 0.6) is 0 Å². The minimum absolute atomic E-state index is 0.124. The minimum Gasteiger partial charge on any atom is -0.467 e. The van der Waals surface area contributed by atoms with Crippen molar-refractivity contribution >= 4 is 17.7 Å². The largest absolute Gasteiger partial charge is 0.467 e. The van der Waals surface area contributed by atoms with Crippen molar-refractivity contribution in [1.29, 1.82) is 0 Å². The Labute approximate surface area is 141 Å². The van der Waals surface area contributed by atoms with Crippen LogP contribution in [-0.2, 0) is 11.3 Å². The molecule has 3 rings (SSSR count). The van der Waals surface area contributed by atoms with Crippen LogP contribution < -0.4 is 11.2 Å². The zero-order valence-electron chi connectivity index (χ0n) is 12.5. The van der Waals surface area contributed by atoms with Gasteiger partial charge >= 0.3 is 0 Å². The Bertz CT molecular complexity index is 834. The van der Waals surface area contributed by atoms with Crippen LogP contribution in [0.15, 0.2) is 52.2 Å². The predicted molar refractivity (Wildman–Crippen MR) is 86.8 cm³/mol. The lowest BCUT2D eigenvalue weighted by molar-refractivity contribution is -0.118. The number of amides is 1. The summed E-state index contributed by atoms with van der Waals surface area (Å²) in [5, 5.41) is 11.0. The van der Waals surface area contributed by atoms with Crippen LogP contribution in [0.2, 0.25) is 0 Å². The molecule has 0 bridgehead atoms. The maximum Gasteiger partial charge on any atom is 0.230 e. The third kappa shape index (κ3) is 3.74. The lowest BCUT2D eigenvalue weighted by atomic mass is 10.2. The van der Waals surface area contributed by atoms with Crippen molar-refractivity contribution in [2.75, 3.05) is 11.6 Å². The Kier molecular flexibility index (Phi) is 4.80. The number of carbonyl (C=O) groups is 1. The van der Waals surface area contributed by atoms with Crippen LogP contribution in [0, 0.1) is 5.82 Å². The topological polar surface area (TPSA) is 99.0 Å². The van der Waals surface area contributed by atoms with Crippen LogP contribution in [-0.4, -0.2) is 26.5 Å². The number of thioether (sulfide) groups is 1. The molecule has 24 heavy (non-hydrogen) atoms. The Hall–Kier alpha value is -2.81. The highest BCUT2D eigenvalue weighted by Crippen LogP contribution is 2.21. The zero-order chi connectivity index (χ0) is 16.9. The number of nitrogens with one attached hydrogen (secondary N) is 1. The highest BCUT2D eigenvalue weighted by atomic mass is 32.2. The molecule has 0 unspecified atom stereocenters. The summed E-state index contributed by atoms with van der Waals surface area (Å²) >= 11 is 1.14. The van der Waals surface area contributed by atoms with Crippen LogP contribution in [0.25, 0.3) is 11.4 Å². The number of carbonyl (C=O) groups excluding carboxylic acids is 1. The molecule has 1 amide bonds. The van der Waals surface area contributed by atoms with Crippen molar-refractivity contribution in [3.63, 3.8) is 0 Å². The summed E-state index contributed by atoms with van der Waals surface area (Å²) in [6.45, 7) is 0.316. The maximum absolute atomic E-state index is 13.3. The number of nitrogens with zero attached hydrogens (tertiary/aromatic N) is 3. The lowest BCUT2D eigenvalue weighted by Gasteiger charge is -2.04. The van der Waals surface area contributed by atoms with Crippen molar-refractivity contribution in [3.05, 3.63) is 54.2 Å². The van der Waals surface area contributed by atoms with Crippen LogP contribution in [0.4, 0.5) is 4.39 Å². The van der Waals surface area contributed by atoms with Gasteiger partial charge in [0.2, 0.25) is 11.1 Å². The van der Waals surface area contributed by atoms with E-state index >= 15 is 0 Å². The van der Waals surface area contributed by atoms with Gasteiger partial charge in [0.1, 0.15) is 11.6 Å². The maximum atomic E-state index is 13.3. The molecule has 0 saturated carbocycles. The van der Waals surface area contributed by atoms with Gasteiger partial charge in [0.05, 0.1) is 18.6 Å². The number of aromatic nitrogens is 3. The van der Waals surface area contributed by atoms with Crippen LogP contribution in [0.1, 0.15) is 5.76 Å². The molecular weight excluding hydrogens is 333 g/mol. The first-order chi connectivity index (χ1) is 11.6. The Morgan fingerprint density at radius 3 is 2.96 bits per heavy atom. The molecule has 0 spiro atoms. The van der Waals surface area contributed by atoms with Gasteiger partial charge in [-0.25, -0.2) is 9.07 Å². The highest BCUT2D eigenvalue weighted by Gasteiger charge is 2.14. The van der Waals surface area contributed by atoms with Crippen LogP contribution in [0.3, 0.4) is 0 Å². The third-order valence-electron chi connectivity index (χ3n) is 3.12. The Morgan fingerprint density at radius 2 is 2.21 bits per heavy atom. The third-order valence-corrected chi connectivity index (χ3v) is 4.06. The fraction of sp³-hybridized carbons (Fsp3) is 0.133. The van der Waals surface area contributed by atoms with E-state index < -0.39 is 0 Å². The second kappa shape index (κ2) is 7.18. The molecule has 3 N–H and O–H groups in total. The number of hydrogen-bond acceptors (Lipinski definition) is 6. The van der Waals surface area contributed by atoms with Crippen molar-refractivity contribution in [1.82, 2.24) is 20.2 Å². The minimum atomic E-state index is -0.387. The summed E-state index contributed by atoms with van der Waals surface area (Å²) in [5.74, 6) is 6.47. The molecule has 0 aliphatic rings. The van der Waals surface area contributed by atoms with E-state index in [0.29, 0.717) is 28.8 Å². The van der Waals surface area contributed by atoms with Gasteiger partial charge in [0.25, 0.3) is 0 Å². The number of hydrogen-bond donors (Lipinski definition) is 2. The van der Waals surface area contributed by atoms with E-state index in [2.05, 4.69) is 15.5 Å². The molecular formula is C15H14FN5O2S. The number of nitrogens with two attached hydrogens (primary N) is 1. The molecule has 9 heteroatoms. The number of halogens is 1. The van der Waals surface area contributed by atoms with E-state index in [4.69, 9.17) is 10.3 Å². The summed E-state index contributed by atoms with van der Waals surface area (Å²) in [5.41, 5.74) is 0.513. The molecule has 2 aromatic heterocycles. The van der Waals surface area contributed by atoms with E-state index in [1.54, 1.807) is 30.5 Å². The average Bonchev–Trinajstić information content (AvgIpc) is 3.21. The van der Waals surface area contributed by atoms with Gasteiger partial charge in [-0.1, -0.05) is 23.9 Å². The SMILES string of the molecule is Nn1c(SCC(=O)NCc2ccco2)nnc1-c1cccc(F)c1. The molecule has 2 heterocycles. The average molecular weight is 347 g/mol. The van der Waals surface area contributed by atoms with E-state index in [1.165, 1.54) is 16.8 Å². The van der Waals surface area contributed by atoms with Crippen LogP contribution >= 0.6 is 11.8 Å². The lowest BCUT2D eigenvalue weighted by Crippen LogP contribution is -2.24. The molecule has 124 valence electrons. The summed E-state index contributed by atoms with van der Waals surface area (Å²) in [7, 11) is 0. The number of rotatable bonds is 6. The highest BCUT2D eigenvalue weighted by molar-refractivity contribution is 7.99. The van der Waals surface area contributed by atoms with Gasteiger partial charge in [0.15, 0.2) is 5.82 Å². The van der Waals surface area contributed by atoms with E-state index in [0.717, 1.165) is 11.8 Å². The molecule has 1 aromatic carbocycles. The van der Waals surface area contributed by atoms with E-state index in [-0.39, 0.29) is 17.5 Å². The summed E-state index contributed by atoms with van der Waals surface area (Å²) in [6, 6.07) is 9.42. The predicted octanol–water partition coefficient (Wildman–Crippen LogP) is 1.80. The number of nitrogen functional groups attached to an aromatic ring is 1. The van der Waals surface area contributed by atoms with Gasteiger partial charge < -0.3 is 15.6 Å². The van der Waals surface area contributed by atoms with Gasteiger partial charge in [-0.15, -0.1) is 10.2 Å². The van der Waals surface area contributed by atoms with Gasteiger partial charge in [-0.2, -0.15) is 0 Å². The summed E-state index contributed by atoms with van der Waals surface area (Å²) in [6.07, 6.45) is 1.54. The molecule has 0 fully saturated rings. The fourth-order valence-corrected chi connectivity index (χ4v) is 2.67. The first kappa shape index (κ1) is 16.1. The summed E-state index contributed by atoms with van der Waals surface area (Å²) in [4.78, 5) is 11.8. The Balaban J connectivity index is 1.59. The number of benzene rings is 1. The number of furan rings is 1. The first-order valence-electron chi connectivity index (χ1n) is 7.02. The van der Waals surface area contributed by atoms with Crippen molar-refractivity contribution in [2.24, 2.45) is 0 Å². The molecule has 0 radical (unpaired) electrons. The molecule has 0 aliphatic heterocycles. The standard InChI is InChI=1S/C15H14FN5O2S/c16-11-4-1-3-10(7-11)14-19-20-15(21(14)17)24-9-13(22)18-8-12-5-2-6-23-12/h1-7H,8-9,17H2,(H,18,22). The van der Waals surface area contributed by atoms with Crippen molar-refractivity contribution in [3.8, 4) is 11.4 Å². The van der Waals surface area contributed by atoms with E-state index in [9.17, 15) is 9.18 Å². The second-order valence-corrected chi connectivity index (χ2v) is 5.77. The molecule has 7 nitrogen and oxygen atoms in total. The summed E-state index contributed by atoms with van der Waals surface area (Å²) < 4.78 is 19.6. The van der Waals surface area contributed by atoms with Gasteiger partial charge in [-0.05, 0) is 24.3 Å². The molecule has 3 aromatic rings. The first-order valence-corrected chi connectivity index (χ1v) is 8.00. The molecule has 0 saturated heterocycles. The molecule has 0 atom stereocenters. The molecule has 0 aliphatic carbocycles. The smallest absolute Gasteiger partial charge is 0.230 e. The quantitative estimate of drug-likeness (QED) is 0.521. The van der Waals surface area contributed by atoms with Crippen molar-refractivity contribution in [2.45, 2.75) is 11.7 Å². The normalized spacial score (nSPS) is 10.7. The monoisotopic (exact) mass is 347 g/mol. The van der Waals surface area contributed by atoms with Crippen molar-refractivity contribution < 1.29 is 13.6 Å². The Morgan fingerprint density at radius 1 is 1.33 bits per heavy atom. The van der Waals surface area contributed by atoms with E-state index in [1.807, 2.05) is 0 Å². The van der Waals surface area contributed by atoms with Gasteiger partial charge in [0, 0.05) is 5.56 Å². The van der Waals surface area contributed by atoms with Gasteiger partial charge in [-0.3, -0.25) is 4.79 Å².